The second-order valence-electron chi connectivity index (χ2n) is 6.97. The van der Waals surface area contributed by atoms with Gasteiger partial charge in [-0.1, -0.05) is 29.3 Å². The van der Waals surface area contributed by atoms with Crippen LogP contribution in [0.4, 0.5) is 5.82 Å². The Bertz CT molecular complexity index is 1260. The zero-order valence-corrected chi connectivity index (χ0v) is 19.8. The van der Waals surface area contributed by atoms with Crippen molar-refractivity contribution >= 4 is 50.9 Å². The maximum Gasteiger partial charge on any atom is 0.277 e. The van der Waals surface area contributed by atoms with E-state index in [1.54, 1.807) is 46.0 Å². The van der Waals surface area contributed by atoms with E-state index in [9.17, 15) is 4.79 Å². The van der Waals surface area contributed by atoms with Crippen LogP contribution < -0.4 is 5.32 Å². The van der Waals surface area contributed by atoms with Crippen LogP contribution in [0.2, 0.25) is 10.0 Å². The number of hydrogen-bond donors (Lipinski definition) is 1. The Morgan fingerprint density at radius 2 is 1.81 bits per heavy atom. The first-order chi connectivity index (χ1) is 14.8. The minimum absolute atomic E-state index is 0.291. The number of nitrogens with zero attached hydrogens (tertiary/aromatic N) is 6. The highest BCUT2D eigenvalue weighted by molar-refractivity contribution is 9.10. The van der Waals surface area contributed by atoms with Gasteiger partial charge in [0.15, 0.2) is 11.5 Å². The number of amides is 1. The SMILES string of the molecule is Cc1nn(Cn2ccc(C(=O)Nc3ccn(Cc4ccc(Cl)c(Cl)c4)n3)n2)c(C)c1Br. The van der Waals surface area contributed by atoms with Gasteiger partial charge in [0.25, 0.3) is 5.91 Å². The lowest BCUT2D eigenvalue weighted by Crippen LogP contribution is -2.16. The summed E-state index contributed by atoms with van der Waals surface area (Å²) in [6.45, 7) is 4.80. The van der Waals surface area contributed by atoms with E-state index in [0.29, 0.717) is 34.8 Å². The summed E-state index contributed by atoms with van der Waals surface area (Å²) in [6.07, 6.45) is 3.51. The predicted octanol–water partition coefficient (Wildman–Crippen LogP) is 4.77. The molecule has 1 amide bonds. The first-order valence-electron chi connectivity index (χ1n) is 9.32. The summed E-state index contributed by atoms with van der Waals surface area (Å²) in [5.74, 6) is 0.0928. The molecule has 0 atom stereocenters. The van der Waals surface area contributed by atoms with Crippen LogP contribution in [-0.4, -0.2) is 35.2 Å². The maximum absolute atomic E-state index is 12.6. The summed E-state index contributed by atoms with van der Waals surface area (Å²) in [5, 5.41) is 16.9. The van der Waals surface area contributed by atoms with E-state index < -0.39 is 0 Å². The average molecular weight is 523 g/mol. The summed E-state index contributed by atoms with van der Waals surface area (Å²) >= 11 is 15.5. The molecule has 0 radical (unpaired) electrons. The summed E-state index contributed by atoms with van der Waals surface area (Å²) in [5.41, 5.74) is 3.13. The Hall–Kier alpha value is -2.62. The number of aryl methyl sites for hydroxylation is 1. The van der Waals surface area contributed by atoms with E-state index in [2.05, 4.69) is 36.5 Å². The van der Waals surface area contributed by atoms with Gasteiger partial charge in [0.2, 0.25) is 0 Å². The highest BCUT2D eigenvalue weighted by atomic mass is 79.9. The molecule has 1 aromatic carbocycles. The number of rotatable bonds is 6. The molecule has 0 bridgehead atoms. The minimum atomic E-state index is -0.340. The molecule has 0 fully saturated rings. The molecule has 3 heterocycles. The number of carbonyl (C=O) groups excluding carboxylic acids is 1. The number of anilines is 1. The Kier molecular flexibility index (Phi) is 6.17. The third-order valence-electron chi connectivity index (χ3n) is 4.66. The van der Waals surface area contributed by atoms with Crippen LogP contribution in [-0.2, 0) is 13.2 Å². The standard InChI is InChI=1S/C20H18BrCl2N7O/c1-12-19(21)13(2)30(25-12)11-29-7-5-17(26-29)20(31)24-18-6-8-28(27-18)10-14-3-4-15(22)16(23)9-14/h3-9H,10-11H2,1-2H3,(H,24,27,31). The summed E-state index contributed by atoms with van der Waals surface area (Å²) in [4.78, 5) is 12.6. The van der Waals surface area contributed by atoms with Gasteiger partial charge < -0.3 is 5.32 Å². The Morgan fingerprint density at radius 3 is 2.52 bits per heavy atom. The van der Waals surface area contributed by atoms with Crippen molar-refractivity contribution in [3.63, 3.8) is 0 Å². The monoisotopic (exact) mass is 521 g/mol. The largest absolute Gasteiger partial charge is 0.304 e. The van der Waals surface area contributed by atoms with E-state index in [1.807, 2.05) is 24.6 Å². The van der Waals surface area contributed by atoms with Crippen LogP contribution in [0.15, 0.2) is 47.2 Å². The van der Waals surface area contributed by atoms with Gasteiger partial charge in [-0.3, -0.25) is 14.2 Å². The smallest absolute Gasteiger partial charge is 0.277 e. The fourth-order valence-corrected chi connectivity index (χ4v) is 3.64. The van der Waals surface area contributed by atoms with Crippen LogP contribution >= 0.6 is 39.1 Å². The van der Waals surface area contributed by atoms with Gasteiger partial charge in [-0.05, 0) is 53.5 Å². The molecule has 0 aliphatic carbocycles. The molecule has 31 heavy (non-hydrogen) atoms. The quantitative estimate of drug-likeness (QED) is 0.395. The van der Waals surface area contributed by atoms with Crippen LogP contribution in [0, 0.1) is 13.8 Å². The van der Waals surface area contributed by atoms with Gasteiger partial charge in [-0.2, -0.15) is 15.3 Å². The van der Waals surface area contributed by atoms with Crippen LogP contribution in [0.5, 0.6) is 0 Å². The summed E-state index contributed by atoms with van der Waals surface area (Å²) < 4.78 is 6.14. The van der Waals surface area contributed by atoms with Crippen molar-refractivity contribution in [2.75, 3.05) is 5.32 Å². The topological polar surface area (TPSA) is 82.6 Å². The Morgan fingerprint density at radius 1 is 1.03 bits per heavy atom. The maximum atomic E-state index is 12.6. The normalized spacial score (nSPS) is 11.1. The minimum Gasteiger partial charge on any atom is -0.304 e. The zero-order chi connectivity index (χ0) is 22.1. The number of halogens is 3. The number of aromatic nitrogens is 6. The second kappa shape index (κ2) is 8.86. The summed E-state index contributed by atoms with van der Waals surface area (Å²) in [6, 6.07) is 8.79. The average Bonchev–Trinajstić information content (AvgIpc) is 3.43. The number of benzene rings is 1. The van der Waals surface area contributed by atoms with Gasteiger partial charge in [-0.25, -0.2) is 4.68 Å². The van der Waals surface area contributed by atoms with Gasteiger partial charge in [0.1, 0.15) is 6.67 Å². The van der Waals surface area contributed by atoms with Crippen molar-refractivity contribution < 1.29 is 4.79 Å². The molecule has 8 nitrogen and oxygen atoms in total. The molecule has 0 unspecified atom stereocenters. The molecule has 1 N–H and O–H groups in total. The van der Waals surface area contributed by atoms with E-state index in [-0.39, 0.29) is 5.91 Å². The molecule has 4 rings (SSSR count). The molecule has 160 valence electrons. The van der Waals surface area contributed by atoms with E-state index in [1.165, 1.54) is 0 Å². The molecule has 0 saturated carbocycles. The molecule has 0 saturated heterocycles. The van der Waals surface area contributed by atoms with E-state index in [0.717, 1.165) is 21.4 Å². The number of carbonyl (C=O) groups is 1. The fraction of sp³-hybridized carbons (Fsp3) is 0.200. The Balaban J connectivity index is 1.40. The third kappa shape index (κ3) is 4.84. The molecule has 4 aromatic rings. The lowest BCUT2D eigenvalue weighted by Gasteiger charge is -2.05. The zero-order valence-electron chi connectivity index (χ0n) is 16.7. The third-order valence-corrected chi connectivity index (χ3v) is 6.54. The predicted molar refractivity (Wildman–Crippen MR) is 123 cm³/mol. The number of nitrogens with one attached hydrogen (secondary N) is 1. The molecule has 0 aliphatic rings. The molecule has 11 heteroatoms. The van der Waals surface area contributed by atoms with Gasteiger partial charge in [-0.15, -0.1) is 0 Å². The van der Waals surface area contributed by atoms with Crippen LogP contribution in [0.25, 0.3) is 0 Å². The van der Waals surface area contributed by atoms with E-state index >= 15 is 0 Å². The van der Waals surface area contributed by atoms with Crippen molar-refractivity contribution in [2.24, 2.45) is 0 Å². The van der Waals surface area contributed by atoms with Crippen molar-refractivity contribution in [1.82, 2.24) is 29.3 Å². The van der Waals surface area contributed by atoms with Gasteiger partial charge in [0.05, 0.1) is 32.5 Å². The van der Waals surface area contributed by atoms with Crippen molar-refractivity contribution in [3.05, 3.63) is 79.9 Å². The van der Waals surface area contributed by atoms with Crippen LogP contribution in [0.1, 0.15) is 27.4 Å². The lowest BCUT2D eigenvalue weighted by molar-refractivity contribution is 0.102. The van der Waals surface area contributed by atoms with Crippen LogP contribution in [0.3, 0.4) is 0 Å². The fourth-order valence-electron chi connectivity index (χ4n) is 3.03. The Labute approximate surface area is 196 Å². The molecular weight excluding hydrogens is 505 g/mol. The van der Waals surface area contributed by atoms with E-state index in [4.69, 9.17) is 23.2 Å². The highest BCUT2D eigenvalue weighted by Gasteiger charge is 2.14. The first-order valence-corrected chi connectivity index (χ1v) is 10.9. The van der Waals surface area contributed by atoms with Crippen molar-refractivity contribution in [2.45, 2.75) is 27.1 Å². The molecular formula is C20H18BrCl2N7O. The first kappa shape index (κ1) is 21.6. The van der Waals surface area contributed by atoms with Gasteiger partial charge >= 0.3 is 0 Å². The van der Waals surface area contributed by atoms with Crippen molar-refractivity contribution in [3.8, 4) is 0 Å². The molecule has 0 aliphatic heterocycles. The molecule has 0 spiro atoms. The van der Waals surface area contributed by atoms with Gasteiger partial charge in [0, 0.05) is 18.5 Å². The second-order valence-corrected chi connectivity index (χ2v) is 8.57. The van der Waals surface area contributed by atoms with Crippen molar-refractivity contribution in [1.29, 1.82) is 0 Å². The summed E-state index contributed by atoms with van der Waals surface area (Å²) in [7, 11) is 0. The lowest BCUT2D eigenvalue weighted by atomic mass is 10.2. The highest BCUT2D eigenvalue weighted by Crippen LogP contribution is 2.23. The molecule has 3 aromatic heterocycles. The number of hydrogen-bond acceptors (Lipinski definition) is 4.